The van der Waals surface area contributed by atoms with Crippen molar-refractivity contribution in [2.45, 2.75) is 0 Å². The lowest BCUT2D eigenvalue weighted by molar-refractivity contribution is -0.119. The Morgan fingerprint density at radius 2 is 1.76 bits per heavy atom. The van der Waals surface area contributed by atoms with E-state index in [1.54, 1.807) is 0 Å². The summed E-state index contributed by atoms with van der Waals surface area (Å²) in [6.45, 7) is -0.608. The second-order valence-electron chi connectivity index (χ2n) is 4.82. The molecule has 130 valence electrons. The van der Waals surface area contributed by atoms with E-state index in [1.165, 1.54) is 37.4 Å². The summed E-state index contributed by atoms with van der Waals surface area (Å²) in [6.07, 6.45) is 0. The third-order valence-corrected chi connectivity index (χ3v) is 3.31. The Labute approximate surface area is 147 Å². The summed E-state index contributed by atoms with van der Waals surface area (Å²) in [7, 11) is 1.26. The molecule has 0 unspecified atom stereocenters. The molecule has 0 aliphatic carbocycles. The average Bonchev–Trinajstić information content (AvgIpc) is 2.61. The SMILES string of the molecule is COC(=O)c1ccc(NC(=O)COC(=O)c2cc(Cl)ccc2F)cc1. The van der Waals surface area contributed by atoms with Gasteiger partial charge in [0.2, 0.25) is 0 Å². The van der Waals surface area contributed by atoms with Crippen molar-refractivity contribution in [3.8, 4) is 0 Å². The summed E-state index contributed by atoms with van der Waals surface area (Å²) in [6, 6.07) is 9.34. The van der Waals surface area contributed by atoms with Crippen LogP contribution in [0.2, 0.25) is 5.02 Å². The standard InChI is InChI=1S/C17H13ClFNO5/c1-24-16(22)10-2-5-12(6-3-10)20-15(21)9-25-17(23)13-8-11(18)4-7-14(13)19/h2-8H,9H2,1H3,(H,20,21). The van der Waals surface area contributed by atoms with Gasteiger partial charge in [-0.25, -0.2) is 14.0 Å². The van der Waals surface area contributed by atoms with Crippen molar-refractivity contribution in [3.05, 3.63) is 64.4 Å². The largest absolute Gasteiger partial charge is 0.465 e. The van der Waals surface area contributed by atoms with Crippen molar-refractivity contribution < 1.29 is 28.2 Å². The van der Waals surface area contributed by atoms with E-state index < -0.39 is 30.3 Å². The van der Waals surface area contributed by atoms with E-state index in [1.807, 2.05) is 0 Å². The van der Waals surface area contributed by atoms with Gasteiger partial charge in [0.15, 0.2) is 6.61 Å². The van der Waals surface area contributed by atoms with Crippen LogP contribution in [0.1, 0.15) is 20.7 Å². The van der Waals surface area contributed by atoms with Crippen LogP contribution >= 0.6 is 11.6 Å². The number of methoxy groups -OCH3 is 1. The summed E-state index contributed by atoms with van der Waals surface area (Å²) in [5, 5.41) is 2.64. The summed E-state index contributed by atoms with van der Waals surface area (Å²) >= 11 is 5.69. The summed E-state index contributed by atoms with van der Waals surface area (Å²) in [5.41, 5.74) is 0.355. The highest BCUT2D eigenvalue weighted by molar-refractivity contribution is 6.30. The van der Waals surface area contributed by atoms with Gasteiger partial charge >= 0.3 is 11.9 Å². The van der Waals surface area contributed by atoms with Gasteiger partial charge in [-0.2, -0.15) is 0 Å². The summed E-state index contributed by atoms with van der Waals surface area (Å²) in [4.78, 5) is 34.9. The first-order valence-electron chi connectivity index (χ1n) is 7.01. The number of hydrogen-bond acceptors (Lipinski definition) is 5. The molecule has 0 spiro atoms. The number of ether oxygens (including phenoxy) is 2. The lowest BCUT2D eigenvalue weighted by Gasteiger charge is -2.08. The Kier molecular flexibility index (Phi) is 6.08. The summed E-state index contributed by atoms with van der Waals surface area (Å²) in [5.74, 6) is -2.93. The maximum atomic E-state index is 13.5. The highest BCUT2D eigenvalue weighted by Gasteiger charge is 2.15. The molecule has 1 N–H and O–H groups in total. The van der Waals surface area contributed by atoms with Crippen molar-refractivity contribution in [3.63, 3.8) is 0 Å². The first-order chi connectivity index (χ1) is 11.9. The van der Waals surface area contributed by atoms with E-state index in [0.29, 0.717) is 11.3 Å². The fraction of sp³-hybridized carbons (Fsp3) is 0.118. The summed E-state index contributed by atoms with van der Waals surface area (Å²) < 4.78 is 22.8. The predicted octanol–water partition coefficient (Wildman–Crippen LogP) is 3.06. The minimum absolute atomic E-state index is 0.170. The van der Waals surface area contributed by atoms with E-state index >= 15 is 0 Å². The van der Waals surface area contributed by atoms with Gasteiger partial charge in [0.05, 0.1) is 18.2 Å². The Morgan fingerprint density at radius 1 is 1.08 bits per heavy atom. The van der Waals surface area contributed by atoms with Gasteiger partial charge in [-0.1, -0.05) is 11.6 Å². The molecule has 0 saturated heterocycles. The van der Waals surface area contributed by atoms with Crippen LogP contribution in [0.25, 0.3) is 0 Å². The zero-order valence-corrected chi connectivity index (χ0v) is 13.8. The predicted molar refractivity (Wildman–Crippen MR) is 88.1 cm³/mol. The zero-order valence-electron chi connectivity index (χ0n) is 13.0. The molecule has 8 heteroatoms. The molecule has 6 nitrogen and oxygen atoms in total. The monoisotopic (exact) mass is 365 g/mol. The van der Waals surface area contributed by atoms with Crippen LogP contribution in [0, 0.1) is 5.82 Å². The number of carbonyl (C=O) groups is 3. The molecule has 0 saturated carbocycles. The van der Waals surface area contributed by atoms with Gasteiger partial charge in [0.1, 0.15) is 5.82 Å². The third kappa shape index (κ3) is 5.02. The van der Waals surface area contributed by atoms with Crippen LogP contribution in [0.4, 0.5) is 10.1 Å². The Hall–Kier alpha value is -2.93. The first-order valence-corrected chi connectivity index (χ1v) is 7.39. The molecule has 0 atom stereocenters. The van der Waals surface area contributed by atoms with E-state index in [4.69, 9.17) is 16.3 Å². The number of anilines is 1. The molecule has 0 bridgehead atoms. The molecule has 0 fully saturated rings. The highest BCUT2D eigenvalue weighted by atomic mass is 35.5. The van der Waals surface area contributed by atoms with Crippen molar-refractivity contribution >= 4 is 35.1 Å². The number of nitrogens with one attached hydrogen (secondary N) is 1. The van der Waals surface area contributed by atoms with E-state index in [2.05, 4.69) is 10.1 Å². The molecule has 2 rings (SSSR count). The molecule has 0 aromatic heterocycles. The molecular formula is C17H13ClFNO5. The number of hydrogen-bond donors (Lipinski definition) is 1. The molecule has 1 amide bonds. The van der Waals surface area contributed by atoms with Gasteiger partial charge in [-0.3, -0.25) is 4.79 Å². The van der Waals surface area contributed by atoms with E-state index in [0.717, 1.165) is 12.1 Å². The molecule has 2 aromatic rings. The second kappa shape index (κ2) is 8.25. The van der Waals surface area contributed by atoms with Crippen LogP contribution in [0.3, 0.4) is 0 Å². The molecule has 0 aliphatic heterocycles. The molecule has 0 heterocycles. The van der Waals surface area contributed by atoms with Gasteiger partial charge in [-0.15, -0.1) is 0 Å². The van der Waals surface area contributed by atoms with Crippen LogP contribution in [0.5, 0.6) is 0 Å². The lowest BCUT2D eigenvalue weighted by Crippen LogP contribution is -2.21. The number of esters is 2. The fourth-order valence-corrected chi connectivity index (χ4v) is 2.04. The molecule has 2 aromatic carbocycles. The second-order valence-corrected chi connectivity index (χ2v) is 5.25. The van der Waals surface area contributed by atoms with Crippen molar-refractivity contribution in [1.29, 1.82) is 0 Å². The van der Waals surface area contributed by atoms with Gasteiger partial charge in [0, 0.05) is 10.7 Å². The van der Waals surface area contributed by atoms with Crippen molar-refractivity contribution in [2.75, 3.05) is 19.0 Å². The van der Waals surface area contributed by atoms with Crippen LogP contribution in [0.15, 0.2) is 42.5 Å². The molecule has 0 radical (unpaired) electrons. The van der Waals surface area contributed by atoms with E-state index in [9.17, 15) is 18.8 Å². The van der Waals surface area contributed by atoms with Crippen LogP contribution < -0.4 is 5.32 Å². The van der Waals surface area contributed by atoms with Crippen LogP contribution in [-0.2, 0) is 14.3 Å². The number of carbonyl (C=O) groups excluding carboxylic acids is 3. The average molecular weight is 366 g/mol. The molecular weight excluding hydrogens is 353 g/mol. The number of halogens is 2. The number of rotatable bonds is 5. The van der Waals surface area contributed by atoms with Gasteiger partial charge in [0.25, 0.3) is 5.91 Å². The Bertz CT molecular complexity index is 807. The first kappa shape index (κ1) is 18.4. The third-order valence-electron chi connectivity index (χ3n) is 3.07. The number of benzene rings is 2. The van der Waals surface area contributed by atoms with Crippen LogP contribution in [-0.4, -0.2) is 31.6 Å². The molecule has 0 aliphatic rings. The zero-order chi connectivity index (χ0) is 18.4. The highest BCUT2D eigenvalue weighted by Crippen LogP contribution is 2.16. The van der Waals surface area contributed by atoms with Gasteiger partial charge < -0.3 is 14.8 Å². The lowest BCUT2D eigenvalue weighted by atomic mass is 10.2. The maximum Gasteiger partial charge on any atom is 0.341 e. The fourth-order valence-electron chi connectivity index (χ4n) is 1.87. The number of amides is 1. The van der Waals surface area contributed by atoms with Crippen molar-refractivity contribution in [1.82, 2.24) is 0 Å². The minimum atomic E-state index is -1.00. The Balaban J connectivity index is 1.91. The maximum absolute atomic E-state index is 13.5. The quantitative estimate of drug-likeness (QED) is 0.823. The van der Waals surface area contributed by atoms with Gasteiger partial charge in [-0.05, 0) is 42.5 Å². The smallest absolute Gasteiger partial charge is 0.341 e. The van der Waals surface area contributed by atoms with E-state index in [-0.39, 0.29) is 10.6 Å². The molecule has 25 heavy (non-hydrogen) atoms. The normalized spacial score (nSPS) is 10.0. The minimum Gasteiger partial charge on any atom is -0.465 e. The topological polar surface area (TPSA) is 81.7 Å². The Morgan fingerprint density at radius 3 is 2.40 bits per heavy atom. The van der Waals surface area contributed by atoms with Crippen molar-refractivity contribution in [2.24, 2.45) is 0 Å².